The fourth-order valence-electron chi connectivity index (χ4n) is 2.63. The Labute approximate surface area is 126 Å². The highest BCUT2D eigenvalue weighted by molar-refractivity contribution is 6.16. The smallest absolute Gasteiger partial charge is 0.337 e. The number of carbonyl (C=O) groups excluding carboxylic acids is 1. The van der Waals surface area contributed by atoms with Gasteiger partial charge in [0.25, 0.3) is 0 Å². The van der Waals surface area contributed by atoms with Gasteiger partial charge in [-0.1, -0.05) is 0 Å². The lowest BCUT2D eigenvalue weighted by Crippen LogP contribution is -2.23. The van der Waals surface area contributed by atoms with Crippen molar-refractivity contribution in [3.05, 3.63) is 29.6 Å². The summed E-state index contributed by atoms with van der Waals surface area (Å²) in [6.07, 6.45) is -0.619. The molecule has 2 heterocycles. The molecule has 3 rings (SSSR count). The predicted octanol–water partition coefficient (Wildman–Crippen LogP) is 1.49. The summed E-state index contributed by atoms with van der Waals surface area (Å²) in [5.74, 6) is 0.439. The number of aromatic nitrogens is 2. The number of halogens is 1. The highest BCUT2D eigenvalue weighted by Gasteiger charge is 2.31. The number of methoxy groups -OCH3 is 1. The normalized spacial score (nSPS) is 21.9. The minimum Gasteiger partial charge on any atom is -0.465 e. The van der Waals surface area contributed by atoms with Gasteiger partial charge >= 0.3 is 5.97 Å². The van der Waals surface area contributed by atoms with Gasteiger partial charge in [-0.3, -0.25) is 0 Å². The van der Waals surface area contributed by atoms with Gasteiger partial charge in [-0.2, -0.15) is 0 Å². The maximum absolute atomic E-state index is 11.7. The number of aliphatic hydroxyl groups is 1. The SMILES string of the molecule is COC(=O)c1ccc2nc(CCl)n([C@H]3COC[C@H]3O)c2c1. The summed E-state index contributed by atoms with van der Waals surface area (Å²) in [5.41, 5.74) is 1.89. The van der Waals surface area contributed by atoms with Crippen molar-refractivity contribution in [2.24, 2.45) is 0 Å². The zero-order chi connectivity index (χ0) is 15.0. The van der Waals surface area contributed by atoms with E-state index in [4.69, 9.17) is 21.1 Å². The molecule has 0 saturated carbocycles. The number of ether oxygens (including phenoxy) is 2. The van der Waals surface area contributed by atoms with Gasteiger partial charge in [-0.25, -0.2) is 9.78 Å². The lowest BCUT2D eigenvalue weighted by Gasteiger charge is -2.17. The van der Waals surface area contributed by atoms with Crippen molar-refractivity contribution in [1.82, 2.24) is 9.55 Å². The molecule has 21 heavy (non-hydrogen) atoms. The van der Waals surface area contributed by atoms with Crippen LogP contribution in [0.3, 0.4) is 0 Å². The molecule has 0 amide bonds. The molecule has 1 saturated heterocycles. The predicted molar refractivity (Wildman–Crippen MR) is 76.5 cm³/mol. The van der Waals surface area contributed by atoms with Gasteiger partial charge in [0.1, 0.15) is 11.9 Å². The Morgan fingerprint density at radius 2 is 2.38 bits per heavy atom. The van der Waals surface area contributed by atoms with Crippen LogP contribution >= 0.6 is 11.6 Å². The minimum absolute atomic E-state index is 0.214. The van der Waals surface area contributed by atoms with Gasteiger partial charge in [0, 0.05) is 0 Å². The molecule has 0 radical (unpaired) electrons. The summed E-state index contributed by atoms with van der Waals surface area (Å²) in [7, 11) is 1.34. The van der Waals surface area contributed by atoms with E-state index in [2.05, 4.69) is 4.98 Å². The molecule has 0 aliphatic carbocycles. The molecule has 2 aromatic rings. The molecule has 1 aromatic heterocycles. The number of rotatable bonds is 3. The lowest BCUT2D eigenvalue weighted by molar-refractivity contribution is 0.0601. The van der Waals surface area contributed by atoms with Gasteiger partial charge in [0.2, 0.25) is 0 Å². The highest BCUT2D eigenvalue weighted by Crippen LogP contribution is 2.28. The molecule has 0 unspecified atom stereocenters. The number of fused-ring (bicyclic) bond motifs is 1. The first-order valence-corrected chi connectivity index (χ1v) is 7.10. The second-order valence-electron chi connectivity index (χ2n) is 4.90. The maximum atomic E-state index is 11.7. The average Bonchev–Trinajstić information content (AvgIpc) is 3.08. The number of alkyl halides is 1. The van der Waals surface area contributed by atoms with Crippen LogP contribution in [0.25, 0.3) is 11.0 Å². The molecular formula is C14H15ClN2O4. The van der Waals surface area contributed by atoms with Crippen molar-refractivity contribution in [3.8, 4) is 0 Å². The molecule has 1 aliphatic rings. The van der Waals surface area contributed by atoms with Crippen molar-refractivity contribution < 1.29 is 19.4 Å². The van der Waals surface area contributed by atoms with Gasteiger partial charge < -0.3 is 19.1 Å². The third kappa shape index (κ3) is 2.39. The van der Waals surface area contributed by atoms with Crippen molar-refractivity contribution in [1.29, 1.82) is 0 Å². The number of esters is 1. The van der Waals surface area contributed by atoms with Crippen LogP contribution in [0.4, 0.5) is 0 Å². The first-order chi connectivity index (χ1) is 10.2. The zero-order valence-corrected chi connectivity index (χ0v) is 12.2. The van der Waals surface area contributed by atoms with Crippen molar-refractivity contribution >= 4 is 28.6 Å². The van der Waals surface area contributed by atoms with E-state index >= 15 is 0 Å². The maximum Gasteiger partial charge on any atom is 0.337 e. The van der Waals surface area contributed by atoms with Gasteiger partial charge in [0.15, 0.2) is 0 Å². The largest absolute Gasteiger partial charge is 0.465 e. The van der Waals surface area contributed by atoms with E-state index in [1.807, 2.05) is 4.57 Å². The molecule has 1 aliphatic heterocycles. The Morgan fingerprint density at radius 1 is 1.57 bits per heavy atom. The molecule has 1 N–H and O–H groups in total. The summed E-state index contributed by atoms with van der Waals surface area (Å²) in [4.78, 5) is 16.1. The van der Waals surface area contributed by atoms with Gasteiger partial charge in [-0.15, -0.1) is 11.6 Å². The van der Waals surface area contributed by atoms with E-state index in [1.54, 1.807) is 18.2 Å². The van der Waals surface area contributed by atoms with E-state index in [-0.39, 0.29) is 18.5 Å². The second-order valence-corrected chi connectivity index (χ2v) is 5.17. The summed E-state index contributed by atoms with van der Waals surface area (Å²) in [6, 6.07) is 4.85. The van der Waals surface area contributed by atoms with Gasteiger partial charge in [-0.05, 0) is 18.2 Å². The Balaban J connectivity index is 2.17. The third-order valence-corrected chi connectivity index (χ3v) is 3.90. The summed E-state index contributed by atoms with van der Waals surface area (Å²) < 4.78 is 11.9. The lowest BCUT2D eigenvalue weighted by atomic mass is 10.1. The highest BCUT2D eigenvalue weighted by atomic mass is 35.5. The number of nitrogens with zero attached hydrogens (tertiary/aromatic N) is 2. The Morgan fingerprint density at radius 3 is 3.00 bits per heavy atom. The first kappa shape index (κ1) is 14.3. The molecule has 2 atom stereocenters. The van der Waals surface area contributed by atoms with Crippen LogP contribution < -0.4 is 0 Å². The van der Waals surface area contributed by atoms with Crippen LogP contribution in [0, 0.1) is 0 Å². The molecule has 1 fully saturated rings. The average molecular weight is 311 g/mol. The topological polar surface area (TPSA) is 73.6 Å². The van der Waals surface area contributed by atoms with Crippen molar-refractivity contribution in [3.63, 3.8) is 0 Å². The number of benzene rings is 1. The quantitative estimate of drug-likeness (QED) is 0.687. The standard InChI is InChI=1S/C14H15ClN2O4/c1-20-14(19)8-2-3-9-10(4-8)17(13(5-15)16-9)11-6-21-7-12(11)18/h2-4,11-12,18H,5-7H2,1H3/t11-,12+/m0/s1. The molecule has 0 bridgehead atoms. The first-order valence-electron chi connectivity index (χ1n) is 6.56. The molecule has 112 valence electrons. The van der Waals surface area contributed by atoms with Gasteiger partial charge in [0.05, 0.1) is 48.8 Å². The van der Waals surface area contributed by atoms with E-state index in [0.29, 0.717) is 18.0 Å². The van der Waals surface area contributed by atoms with Crippen LogP contribution in [0.2, 0.25) is 0 Å². The molecule has 7 heteroatoms. The Hall–Kier alpha value is -1.63. The van der Waals surface area contributed by atoms with Crippen LogP contribution in [0.5, 0.6) is 0 Å². The summed E-state index contributed by atoms with van der Waals surface area (Å²) in [5, 5.41) is 10.1. The number of imidazole rings is 1. The van der Waals surface area contributed by atoms with Crippen LogP contribution in [0.15, 0.2) is 18.2 Å². The van der Waals surface area contributed by atoms with Crippen LogP contribution in [-0.2, 0) is 15.4 Å². The van der Waals surface area contributed by atoms with Crippen LogP contribution in [-0.4, -0.2) is 47.1 Å². The summed E-state index contributed by atoms with van der Waals surface area (Å²) in [6.45, 7) is 0.668. The number of aliphatic hydroxyl groups excluding tert-OH is 1. The fourth-order valence-corrected chi connectivity index (χ4v) is 2.82. The second kappa shape index (κ2) is 5.63. The molecule has 1 aromatic carbocycles. The van der Waals surface area contributed by atoms with E-state index < -0.39 is 12.1 Å². The van der Waals surface area contributed by atoms with E-state index in [0.717, 1.165) is 11.0 Å². The zero-order valence-electron chi connectivity index (χ0n) is 11.5. The van der Waals surface area contributed by atoms with Crippen LogP contribution in [0.1, 0.15) is 22.2 Å². The summed E-state index contributed by atoms with van der Waals surface area (Å²) >= 11 is 5.96. The van der Waals surface area contributed by atoms with Crippen molar-refractivity contribution in [2.75, 3.05) is 20.3 Å². The Bertz CT molecular complexity index is 685. The molecular weight excluding hydrogens is 296 g/mol. The fraction of sp³-hybridized carbons (Fsp3) is 0.429. The number of carbonyl (C=O) groups is 1. The number of hydrogen-bond donors (Lipinski definition) is 1. The molecule has 6 nitrogen and oxygen atoms in total. The molecule has 0 spiro atoms. The Kier molecular flexibility index (Phi) is 3.84. The third-order valence-electron chi connectivity index (χ3n) is 3.66. The monoisotopic (exact) mass is 310 g/mol. The number of hydrogen-bond acceptors (Lipinski definition) is 5. The van der Waals surface area contributed by atoms with E-state index in [1.165, 1.54) is 7.11 Å². The van der Waals surface area contributed by atoms with E-state index in [9.17, 15) is 9.90 Å². The van der Waals surface area contributed by atoms with Crippen molar-refractivity contribution in [2.45, 2.75) is 18.0 Å². The minimum atomic E-state index is -0.619.